The van der Waals surface area contributed by atoms with Gasteiger partial charge in [-0.05, 0) is 25.1 Å². The molecule has 0 saturated carbocycles. The van der Waals surface area contributed by atoms with E-state index in [2.05, 4.69) is 0 Å². The summed E-state index contributed by atoms with van der Waals surface area (Å²) in [7, 11) is -3.74. The molecule has 1 aromatic carbocycles. The molecule has 0 aliphatic heterocycles. The molecule has 104 valence electrons. The molecular formula is C12H16ClN3O2S. The number of anilines is 1. The summed E-state index contributed by atoms with van der Waals surface area (Å²) in [4.78, 5) is -0.0213. The molecule has 5 nitrogen and oxygen atoms in total. The molecule has 0 fully saturated rings. The lowest BCUT2D eigenvalue weighted by atomic mass is 10.2. The Morgan fingerprint density at radius 2 is 2.16 bits per heavy atom. The van der Waals surface area contributed by atoms with Crippen molar-refractivity contribution in [2.75, 3.05) is 18.8 Å². The van der Waals surface area contributed by atoms with Crippen LogP contribution >= 0.6 is 11.6 Å². The van der Waals surface area contributed by atoms with Gasteiger partial charge in [-0.2, -0.15) is 9.57 Å². The summed E-state index contributed by atoms with van der Waals surface area (Å²) >= 11 is 5.81. The zero-order valence-electron chi connectivity index (χ0n) is 10.8. The molecule has 7 heteroatoms. The first-order chi connectivity index (χ1) is 8.82. The third kappa shape index (κ3) is 3.60. The molecular weight excluding hydrogens is 286 g/mol. The Balaban J connectivity index is 3.21. The third-order valence-electron chi connectivity index (χ3n) is 2.64. The number of hydrogen-bond acceptors (Lipinski definition) is 4. The highest BCUT2D eigenvalue weighted by atomic mass is 35.5. The van der Waals surface area contributed by atoms with Gasteiger partial charge in [0.25, 0.3) is 0 Å². The molecule has 0 aliphatic carbocycles. The number of nitrogens with two attached hydrogens (primary N) is 1. The third-order valence-corrected chi connectivity index (χ3v) is 4.88. The maximum atomic E-state index is 12.5. The van der Waals surface area contributed by atoms with Gasteiger partial charge in [0.15, 0.2) is 0 Å². The van der Waals surface area contributed by atoms with Gasteiger partial charge in [0.2, 0.25) is 10.0 Å². The van der Waals surface area contributed by atoms with E-state index in [1.54, 1.807) is 13.8 Å². The standard InChI is InChI=1S/C12H16ClN3O2S/c1-3-16(8-9(2)7-14)19(17,18)12-6-10(13)4-5-11(12)15/h4-6,9H,3,8,15H2,1-2H3. The fourth-order valence-electron chi connectivity index (χ4n) is 1.61. The van der Waals surface area contributed by atoms with Gasteiger partial charge in [0, 0.05) is 18.1 Å². The number of benzene rings is 1. The predicted molar refractivity (Wildman–Crippen MR) is 75.1 cm³/mol. The summed E-state index contributed by atoms with van der Waals surface area (Å²) in [6.07, 6.45) is 0. The number of rotatable bonds is 5. The lowest BCUT2D eigenvalue weighted by Gasteiger charge is -2.22. The van der Waals surface area contributed by atoms with E-state index in [-0.39, 0.29) is 23.7 Å². The van der Waals surface area contributed by atoms with Crippen molar-refractivity contribution in [1.82, 2.24) is 4.31 Å². The van der Waals surface area contributed by atoms with Crippen molar-refractivity contribution in [3.05, 3.63) is 23.2 Å². The number of nitrogens with zero attached hydrogens (tertiary/aromatic N) is 2. The van der Waals surface area contributed by atoms with Gasteiger partial charge >= 0.3 is 0 Å². The van der Waals surface area contributed by atoms with Crippen LogP contribution in [0.2, 0.25) is 5.02 Å². The van der Waals surface area contributed by atoms with E-state index in [0.717, 1.165) is 0 Å². The Kier molecular flexibility index (Phi) is 5.18. The van der Waals surface area contributed by atoms with Gasteiger partial charge in [0.1, 0.15) is 4.90 Å². The number of sulfonamides is 1. The van der Waals surface area contributed by atoms with E-state index in [1.807, 2.05) is 6.07 Å². The number of hydrogen-bond donors (Lipinski definition) is 1. The van der Waals surface area contributed by atoms with E-state index in [9.17, 15) is 8.42 Å². The molecule has 0 radical (unpaired) electrons. The largest absolute Gasteiger partial charge is 0.398 e. The Labute approximate surface area is 118 Å². The van der Waals surface area contributed by atoms with Crippen molar-refractivity contribution in [3.63, 3.8) is 0 Å². The maximum Gasteiger partial charge on any atom is 0.245 e. The number of nitriles is 1. The summed E-state index contributed by atoms with van der Waals surface area (Å²) in [5, 5.41) is 9.10. The fourth-order valence-corrected chi connectivity index (χ4v) is 3.53. The van der Waals surface area contributed by atoms with E-state index < -0.39 is 15.9 Å². The van der Waals surface area contributed by atoms with Crippen LogP contribution in [-0.4, -0.2) is 25.8 Å². The van der Waals surface area contributed by atoms with E-state index in [4.69, 9.17) is 22.6 Å². The van der Waals surface area contributed by atoms with Gasteiger partial charge in [-0.1, -0.05) is 18.5 Å². The molecule has 2 N–H and O–H groups in total. The minimum Gasteiger partial charge on any atom is -0.398 e. The van der Waals surface area contributed by atoms with Crippen molar-refractivity contribution in [3.8, 4) is 6.07 Å². The smallest absolute Gasteiger partial charge is 0.245 e. The number of halogens is 1. The molecule has 1 atom stereocenters. The van der Waals surface area contributed by atoms with Crippen LogP contribution in [0.4, 0.5) is 5.69 Å². The average Bonchev–Trinajstić information content (AvgIpc) is 2.37. The van der Waals surface area contributed by atoms with Crippen LogP contribution in [0.25, 0.3) is 0 Å². The Morgan fingerprint density at radius 1 is 1.53 bits per heavy atom. The molecule has 0 bridgehead atoms. The second-order valence-corrected chi connectivity index (χ2v) is 6.51. The van der Waals surface area contributed by atoms with Gasteiger partial charge in [-0.25, -0.2) is 8.42 Å². The molecule has 0 amide bonds. The molecule has 1 rings (SSSR count). The van der Waals surface area contributed by atoms with Crippen LogP contribution in [-0.2, 0) is 10.0 Å². The summed E-state index contributed by atoms with van der Waals surface area (Å²) < 4.78 is 26.2. The molecule has 0 heterocycles. The minimum absolute atomic E-state index is 0.0213. The van der Waals surface area contributed by atoms with Crippen LogP contribution in [0.1, 0.15) is 13.8 Å². The SMILES string of the molecule is CCN(CC(C)C#N)S(=O)(=O)c1cc(Cl)ccc1N. The first-order valence-corrected chi connectivity index (χ1v) is 7.59. The second kappa shape index (κ2) is 6.24. The van der Waals surface area contributed by atoms with Gasteiger partial charge in [0.05, 0.1) is 17.7 Å². The summed E-state index contributed by atoms with van der Waals surface area (Å²) in [5.41, 5.74) is 5.85. The quantitative estimate of drug-likeness (QED) is 0.844. The van der Waals surface area contributed by atoms with Crippen molar-refractivity contribution in [1.29, 1.82) is 5.26 Å². The Bertz CT molecular complexity index is 595. The van der Waals surface area contributed by atoms with Crippen LogP contribution in [0.15, 0.2) is 23.1 Å². The normalized spacial score (nSPS) is 13.2. The van der Waals surface area contributed by atoms with E-state index in [1.165, 1.54) is 22.5 Å². The van der Waals surface area contributed by atoms with Crippen molar-refractivity contribution in [2.45, 2.75) is 18.7 Å². The Hall–Kier alpha value is -1.29. The maximum absolute atomic E-state index is 12.5. The molecule has 1 unspecified atom stereocenters. The fraction of sp³-hybridized carbons (Fsp3) is 0.417. The van der Waals surface area contributed by atoms with Gasteiger partial charge in [-0.3, -0.25) is 0 Å². The summed E-state index contributed by atoms with van der Waals surface area (Å²) in [5.74, 6) is -0.393. The average molecular weight is 302 g/mol. The van der Waals surface area contributed by atoms with Crippen molar-refractivity contribution < 1.29 is 8.42 Å². The van der Waals surface area contributed by atoms with Gasteiger partial charge in [-0.15, -0.1) is 0 Å². The molecule has 0 spiro atoms. The highest BCUT2D eigenvalue weighted by molar-refractivity contribution is 7.89. The number of nitrogen functional groups attached to an aromatic ring is 1. The lowest BCUT2D eigenvalue weighted by Crippen LogP contribution is -2.34. The molecule has 1 aromatic rings. The van der Waals surface area contributed by atoms with Crippen molar-refractivity contribution in [2.24, 2.45) is 5.92 Å². The molecule has 0 saturated heterocycles. The van der Waals surface area contributed by atoms with E-state index >= 15 is 0 Å². The first kappa shape index (κ1) is 15.8. The second-order valence-electron chi connectivity index (χ2n) is 4.17. The minimum atomic E-state index is -3.74. The molecule has 19 heavy (non-hydrogen) atoms. The summed E-state index contributed by atoms with van der Waals surface area (Å²) in [6, 6.07) is 6.33. The molecule has 0 aliphatic rings. The van der Waals surface area contributed by atoms with Crippen LogP contribution in [0.3, 0.4) is 0 Å². The molecule has 0 aromatic heterocycles. The van der Waals surface area contributed by atoms with Crippen LogP contribution in [0.5, 0.6) is 0 Å². The first-order valence-electron chi connectivity index (χ1n) is 5.77. The van der Waals surface area contributed by atoms with Gasteiger partial charge < -0.3 is 5.73 Å². The summed E-state index contributed by atoms with van der Waals surface area (Å²) in [6.45, 7) is 3.77. The highest BCUT2D eigenvalue weighted by Crippen LogP contribution is 2.26. The topological polar surface area (TPSA) is 87.2 Å². The van der Waals surface area contributed by atoms with Crippen LogP contribution < -0.4 is 5.73 Å². The Morgan fingerprint density at radius 3 is 2.68 bits per heavy atom. The lowest BCUT2D eigenvalue weighted by molar-refractivity contribution is 0.400. The van der Waals surface area contributed by atoms with Crippen LogP contribution in [0, 0.1) is 17.2 Å². The van der Waals surface area contributed by atoms with Crippen molar-refractivity contribution >= 4 is 27.3 Å². The zero-order chi connectivity index (χ0) is 14.6. The predicted octanol–water partition coefficient (Wildman–Crippen LogP) is 2.09. The monoisotopic (exact) mass is 301 g/mol. The zero-order valence-corrected chi connectivity index (χ0v) is 12.4. The van der Waals surface area contributed by atoms with E-state index in [0.29, 0.717) is 5.02 Å². The highest BCUT2D eigenvalue weighted by Gasteiger charge is 2.26.